The van der Waals surface area contributed by atoms with Gasteiger partial charge in [-0.2, -0.15) is 0 Å². The molecular formula is C22H18O11. The molecule has 4 rings (SSSR count). The number of carbonyl (C=O) groups excluding carboxylic acids is 1. The first-order valence-corrected chi connectivity index (χ1v) is 9.48. The maximum absolute atomic E-state index is 12.7. The lowest BCUT2D eigenvalue weighted by atomic mass is 9.93. The number of aromatic hydroxyl groups is 8. The van der Waals surface area contributed by atoms with Crippen LogP contribution in [-0.2, 0) is 11.2 Å². The second kappa shape index (κ2) is 7.79. The van der Waals surface area contributed by atoms with E-state index in [-0.39, 0.29) is 34.8 Å². The number of phenolic OH excluding ortho intramolecular Hbond substituents is 8. The van der Waals surface area contributed by atoms with Gasteiger partial charge in [0.15, 0.2) is 34.9 Å². The van der Waals surface area contributed by atoms with Crippen molar-refractivity contribution in [2.24, 2.45) is 0 Å². The number of rotatable bonds is 3. The summed E-state index contributed by atoms with van der Waals surface area (Å²) in [6, 6.07) is 6.40. The molecule has 0 bridgehead atoms. The van der Waals surface area contributed by atoms with E-state index < -0.39 is 58.2 Å². The standard InChI is InChI=1S/C22H18O11/c23-9-5-13(25)11-7-17(33-22(31)10-1-2-12(24)20(30)18(10)28)21(32-16(11)6-9)8-3-14(26)19(29)15(27)4-8/h1-6,17,21,23-30H,7H2/t17-,21-/m0/s1. The molecule has 0 spiro atoms. The fourth-order valence-corrected chi connectivity index (χ4v) is 3.56. The van der Waals surface area contributed by atoms with Crippen LogP contribution < -0.4 is 4.74 Å². The molecule has 172 valence electrons. The Balaban J connectivity index is 1.76. The highest BCUT2D eigenvalue weighted by Crippen LogP contribution is 2.46. The van der Waals surface area contributed by atoms with Crippen LogP contribution in [0.1, 0.15) is 27.6 Å². The van der Waals surface area contributed by atoms with Gasteiger partial charge in [-0.15, -0.1) is 0 Å². The summed E-state index contributed by atoms with van der Waals surface area (Å²) in [7, 11) is 0. The average Bonchev–Trinajstić information content (AvgIpc) is 2.75. The molecule has 0 amide bonds. The van der Waals surface area contributed by atoms with Gasteiger partial charge in [0.2, 0.25) is 5.75 Å². The monoisotopic (exact) mass is 458 g/mol. The predicted octanol–water partition coefficient (Wildman–Crippen LogP) is 2.23. The normalized spacial score (nSPS) is 17.1. The third kappa shape index (κ3) is 3.76. The number of ether oxygens (including phenoxy) is 2. The Morgan fingerprint density at radius 3 is 2.12 bits per heavy atom. The van der Waals surface area contributed by atoms with E-state index in [2.05, 4.69) is 0 Å². The van der Waals surface area contributed by atoms with Crippen molar-refractivity contribution in [3.63, 3.8) is 0 Å². The van der Waals surface area contributed by atoms with Crippen LogP contribution in [0.2, 0.25) is 0 Å². The lowest BCUT2D eigenvalue weighted by Gasteiger charge is -2.34. The van der Waals surface area contributed by atoms with Crippen LogP contribution in [0.4, 0.5) is 0 Å². The highest BCUT2D eigenvalue weighted by atomic mass is 16.6. The van der Waals surface area contributed by atoms with Gasteiger partial charge < -0.3 is 50.3 Å². The Hall–Kier alpha value is -4.67. The summed E-state index contributed by atoms with van der Waals surface area (Å²) >= 11 is 0. The van der Waals surface area contributed by atoms with E-state index in [0.717, 1.165) is 30.3 Å². The van der Waals surface area contributed by atoms with E-state index in [9.17, 15) is 45.6 Å². The summed E-state index contributed by atoms with van der Waals surface area (Å²) in [5.74, 6) is -6.34. The molecule has 11 heteroatoms. The molecule has 11 nitrogen and oxygen atoms in total. The molecule has 0 aliphatic carbocycles. The largest absolute Gasteiger partial charge is 0.508 e. The van der Waals surface area contributed by atoms with Gasteiger partial charge in [0.25, 0.3) is 0 Å². The van der Waals surface area contributed by atoms with E-state index in [0.29, 0.717) is 0 Å². The van der Waals surface area contributed by atoms with E-state index in [4.69, 9.17) is 9.47 Å². The average molecular weight is 458 g/mol. The first-order valence-electron chi connectivity index (χ1n) is 9.48. The maximum Gasteiger partial charge on any atom is 0.342 e. The van der Waals surface area contributed by atoms with Crippen LogP contribution in [-0.4, -0.2) is 52.9 Å². The number of benzene rings is 3. The van der Waals surface area contributed by atoms with Crippen LogP contribution >= 0.6 is 0 Å². The molecule has 33 heavy (non-hydrogen) atoms. The van der Waals surface area contributed by atoms with Gasteiger partial charge in [0.05, 0.1) is 0 Å². The summed E-state index contributed by atoms with van der Waals surface area (Å²) in [6.07, 6.45) is -2.56. The fourth-order valence-electron chi connectivity index (χ4n) is 3.56. The van der Waals surface area contributed by atoms with E-state index in [1.54, 1.807) is 0 Å². The first kappa shape index (κ1) is 21.6. The number of phenols is 8. The summed E-state index contributed by atoms with van der Waals surface area (Å²) in [4.78, 5) is 12.7. The Labute approximate surface area is 185 Å². The van der Waals surface area contributed by atoms with Gasteiger partial charge in [0.1, 0.15) is 28.9 Å². The van der Waals surface area contributed by atoms with E-state index in [1.807, 2.05) is 0 Å². The van der Waals surface area contributed by atoms with Crippen molar-refractivity contribution in [3.05, 3.63) is 53.1 Å². The number of fused-ring (bicyclic) bond motifs is 1. The summed E-state index contributed by atoms with van der Waals surface area (Å²) in [6.45, 7) is 0. The zero-order valence-corrected chi connectivity index (χ0v) is 16.6. The molecular weight excluding hydrogens is 440 g/mol. The molecule has 2 atom stereocenters. The molecule has 0 fully saturated rings. The lowest BCUT2D eigenvalue weighted by molar-refractivity contribution is -0.0191. The Morgan fingerprint density at radius 1 is 0.788 bits per heavy atom. The predicted molar refractivity (Wildman–Crippen MR) is 109 cm³/mol. The van der Waals surface area contributed by atoms with Crippen molar-refractivity contribution >= 4 is 5.97 Å². The summed E-state index contributed by atoms with van der Waals surface area (Å²) in [5.41, 5.74) is -0.208. The Kier molecular flexibility index (Phi) is 5.09. The third-order valence-corrected chi connectivity index (χ3v) is 5.20. The number of esters is 1. The van der Waals surface area contributed by atoms with Gasteiger partial charge in [-0.05, 0) is 24.3 Å². The molecule has 8 N–H and O–H groups in total. The molecule has 0 radical (unpaired) electrons. The van der Waals surface area contributed by atoms with Crippen molar-refractivity contribution in [2.45, 2.75) is 18.6 Å². The number of hydrogen-bond donors (Lipinski definition) is 8. The third-order valence-electron chi connectivity index (χ3n) is 5.20. The Bertz CT molecular complexity index is 1240. The fraction of sp³-hybridized carbons (Fsp3) is 0.136. The van der Waals surface area contributed by atoms with Gasteiger partial charge in [0, 0.05) is 29.7 Å². The molecule has 0 aromatic heterocycles. The van der Waals surface area contributed by atoms with Crippen LogP contribution in [0.5, 0.6) is 51.7 Å². The highest BCUT2D eigenvalue weighted by molar-refractivity contribution is 5.94. The highest BCUT2D eigenvalue weighted by Gasteiger charge is 2.37. The minimum Gasteiger partial charge on any atom is -0.508 e. The molecule has 1 aliphatic rings. The van der Waals surface area contributed by atoms with Gasteiger partial charge in [-0.1, -0.05) is 0 Å². The zero-order valence-electron chi connectivity index (χ0n) is 16.6. The van der Waals surface area contributed by atoms with Crippen LogP contribution in [0.25, 0.3) is 0 Å². The molecule has 1 heterocycles. The van der Waals surface area contributed by atoms with E-state index in [1.165, 1.54) is 6.07 Å². The summed E-state index contributed by atoms with van der Waals surface area (Å²) in [5, 5.41) is 78.5. The van der Waals surface area contributed by atoms with Gasteiger partial charge >= 0.3 is 5.97 Å². The molecule has 0 saturated carbocycles. The second-order valence-corrected chi connectivity index (χ2v) is 7.37. The number of carbonyl (C=O) groups is 1. The van der Waals surface area contributed by atoms with Crippen LogP contribution in [0.3, 0.4) is 0 Å². The van der Waals surface area contributed by atoms with Gasteiger partial charge in [-0.3, -0.25) is 0 Å². The first-order chi connectivity index (χ1) is 15.6. The van der Waals surface area contributed by atoms with Gasteiger partial charge in [-0.25, -0.2) is 4.79 Å². The van der Waals surface area contributed by atoms with Crippen molar-refractivity contribution in [1.29, 1.82) is 0 Å². The molecule has 3 aromatic carbocycles. The van der Waals surface area contributed by atoms with Crippen molar-refractivity contribution in [2.75, 3.05) is 0 Å². The quantitative estimate of drug-likeness (QED) is 0.212. The topological polar surface area (TPSA) is 197 Å². The molecule has 3 aromatic rings. The number of hydrogen-bond acceptors (Lipinski definition) is 11. The molecule has 0 unspecified atom stereocenters. The SMILES string of the molecule is O=C(O[C@H]1Cc2c(O)cc(O)cc2O[C@H]1c1cc(O)c(O)c(O)c1)c1ccc(O)c(O)c1O. The van der Waals surface area contributed by atoms with Crippen molar-refractivity contribution in [3.8, 4) is 51.7 Å². The van der Waals surface area contributed by atoms with Crippen LogP contribution in [0.15, 0.2) is 36.4 Å². The minimum absolute atomic E-state index is 0.0435. The van der Waals surface area contributed by atoms with E-state index >= 15 is 0 Å². The van der Waals surface area contributed by atoms with Crippen LogP contribution in [0, 0.1) is 0 Å². The van der Waals surface area contributed by atoms with Crippen molar-refractivity contribution < 1.29 is 55.1 Å². The molecule has 0 saturated heterocycles. The second-order valence-electron chi connectivity index (χ2n) is 7.37. The summed E-state index contributed by atoms with van der Waals surface area (Å²) < 4.78 is 11.3. The minimum atomic E-state index is -1.21. The van der Waals surface area contributed by atoms with Crippen molar-refractivity contribution in [1.82, 2.24) is 0 Å². The smallest absolute Gasteiger partial charge is 0.342 e. The maximum atomic E-state index is 12.7. The lowest BCUT2D eigenvalue weighted by Crippen LogP contribution is -2.34. The Morgan fingerprint density at radius 2 is 1.45 bits per heavy atom. The molecule has 1 aliphatic heterocycles. The zero-order chi connectivity index (χ0) is 24.0.